The number of halogens is 2. The van der Waals surface area contributed by atoms with Gasteiger partial charge in [0, 0.05) is 18.3 Å². The van der Waals surface area contributed by atoms with E-state index >= 15 is 0 Å². The van der Waals surface area contributed by atoms with E-state index in [-0.39, 0.29) is 18.8 Å². The average Bonchev–Trinajstić information content (AvgIpc) is 2.45. The summed E-state index contributed by atoms with van der Waals surface area (Å²) in [4.78, 5) is 10.5. The first-order valence-corrected chi connectivity index (χ1v) is 7.00. The summed E-state index contributed by atoms with van der Waals surface area (Å²) < 4.78 is 26.4. The molecule has 0 aliphatic heterocycles. The standard InChI is InChI=1S/C17H18F2O2/c18-17(19)11-9-14(10-12-17)15(7-4-8-16(20)21)13-5-2-1-3-6-13/h1-3,5-6,9-11,15H,4,7-8,12H2,(H,20,21)/p-1. The molecular weight excluding hydrogens is 274 g/mol. The summed E-state index contributed by atoms with van der Waals surface area (Å²) in [6.07, 6.45) is 4.68. The van der Waals surface area contributed by atoms with E-state index in [1.165, 1.54) is 6.08 Å². The Morgan fingerprint density at radius 1 is 1.29 bits per heavy atom. The Kier molecular flexibility index (Phi) is 4.89. The Morgan fingerprint density at radius 3 is 2.57 bits per heavy atom. The number of alkyl halides is 2. The van der Waals surface area contributed by atoms with Gasteiger partial charge in [-0.15, -0.1) is 0 Å². The molecule has 0 amide bonds. The molecule has 1 unspecified atom stereocenters. The Hall–Kier alpha value is -1.97. The number of rotatable bonds is 6. The summed E-state index contributed by atoms with van der Waals surface area (Å²) in [5.41, 5.74) is 1.84. The van der Waals surface area contributed by atoms with Crippen molar-refractivity contribution in [3.05, 3.63) is 59.7 Å². The Balaban J connectivity index is 2.15. The normalized spacial score (nSPS) is 18.1. The van der Waals surface area contributed by atoms with Gasteiger partial charge in [0.05, 0.1) is 0 Å². The first-order chi connectivity index (χ1) is 9.98. The molecule has 1 atom stereocenters. The van der Waals surface area contributed by atoms with E-state index in [0.717, 1.165) is 17.2 Å². The van der Waals surface area contributed by atoms with Crippen LogP contribution in [0.1, 0.15) is 37.2 Å². The van der Waals surface area contributed by atoms with Gasteiger partial charge >= 0.3 is 0 Å². The second kappa shape index (κ2) is 6.66. The molecule has 1 aromatic carbocycles. The van der Waals surface area contributed by atoms with E-state index < -0.39 is 11.9 Å². The summed E-state index contributed by atoms with van der Waals surface area (Å²) in [6.45, 7) is 0. The molecule has 1 aliphatic rings. The summed E-state index contributed by atoms with van der Waals surface area (Å²) in [6, 6.07) is 9.54. The number of carboxylic acids is 1. The van der Waals surface area contributed by atoms with E-state index in [1.807, 2.05) is 30.3 Å². The third-order valence-electron chi connectivity index (χ3n) is 3.61. The zero-order chi connectivity index (χ0) is 15.3. The van der Waals surface area contributed by atoms with E-state index in [9.17, 15) is 18.7 Å². The van der Waals surface area contributed by atoms with E-state index in [0.29, 0.717) is 12.8 Å². The van der Waals surface area contributed by atoms with E-state index in [4.69, 9.17) is 0 Å². The fraction of sp³-hybridized carbons (Fsp3) is 0.353. The molecule has 0 radical (unpaired) electrons. The maximum Gasteiger partial charge on any atom is 0.270 e. The third-order valence-corrected chi connectivity index (χ3v) is 3.61. The number of hydrogen-bond acceptors (Lipinski definition) is 2. The number of aliphatic carboxylic acids is 1. The van der Waals surface area contributed by atoms with Crippen molar-refractivity contribution in [3.8, 4) is 0 Å². The number of carbonyl (C=O) groups is 1. The average molecular weight is 291 g/mol. The maximum absolute atomic E-state index is 13.2. The van der Waals surface area contributed by atoms with Crippen LogP contribution in [0.15, 0.2) is 54.1 Å². The van der Waals surface area contributed by atoms with E-state index in [1.54, 1.807) is 6.08 Å². The van der Waals surface area contributed by atoms with Crippen LogP contribution in [0.2, 0.25) is 0 Å². The van der Waals surface area contributed by atoms with Crippen LogP contribution in [0.5, 0.6) is 0 Å². The second-order valence-corrected chi connectivity index (χ2v) is 5.23. The number of benzene rings is 1. The van der Waals surface area contributed by atoms with Crippen molar-refractivity contribution in [3.63, 3.8) is 0 Å². The molecule has 0 spiro atoms. The molecular formula is C17H17F2O2-. The Morgan fingerprint density at radius 2 is 2.00 bits per heavy atom. The number of carbonyl (C=O) groups excluding carboxylic acids is 1. The highest BCUT2D eigenvalue weighted by Crippen LogP contribution is 2.36. The van der Waals surface area contributed by atoms with Gasteiger partial charge in [0.15, 0.2) is 0 Å². The number of hydrogen-bond donors (Lipinski definition) is 0. The summed E-state index contributed by atoms with van der Waals surface area (Å²) >= 11 is 0. The first-order valence-electron chi connectivity index (χ1n) is 7.00. The van der Waals surface area contributed by atoms with Crippen molar-refractivity contribution in [2.24, 2.45) is 0 Å². The van der Waals surface area contributed by atoms with Gasteiger partial charge in [-0.25, -0.2) is 8.78 Å². The van der Waals surface area contributed by atoms with Gasteiger partial charge in [-0.3, -0.25) is 0 Å². The maximum atomic E-state index is 13.2. The van der Waals surface area contributed by atoms with Crippen molar-refractivity contribution in [2.45, 2.75) is 37.5 Å². The number of allylic oxidation sites excluding steroid dienone is 4. The molecule has 4 heteroatoms. The summed E-state index contributed by atoms with van der Waals surface area (Å²) in [7, 11) is 0. The van der Waals surface area contributed by atoms with Gasteiger partial charge in [-0.1, -0.05) is 42.5 Å². The minimum absolute atomic E-state index is 0.0174. The Labute approximate surface area is 122 Å². The fourth-order valence-corrected chi connectivity index (χ4v) is 2.53. The van der Waals surface area contributed by atoms with Crippen LogP contribution in [0, 0.1) is 0 Å². The van der Waals surface area contributed by atoms with Crippen LogP contribution in [-0.2, 0) is 4.79 Å². The highest BCUT2D eigenvalue weighted by molar-refractivity contribution is 5.64. The molecule has 0 heterocycles. The molecule has 0 fully saturated rings. The van der Waals surface area contributed by atoms with Gasteiger partial charge < -0.3 is 9.90 Å². The molecule has 0 saturated heterocycles. The van der Waals surface area contributed by atoms with Gasteiger partial charge in [-0.05, 0) is 36.5 Å². The molecule has 1 aliphatic carbocycles. The third kappa shape index (κ3) is 4.52. The van der Waals surface area contributed by atoms with Crippen LogP contribution in [0.4, 0.5) is 8.78 Å². The topological polar surface area (TPSA) is 40.1 Å². The zero-order valence-electron chi connectivity index (χ0n) is 11.6. The van der Waals surface area contributed by atoms with Crippen LogP contribution in [0.3, 0.4) is 0 Å². The van der Waals surface area contributed by atoms with Gasteiger partial charge in [-0.2, -0.15) is 0 Å². The smallest absolute Gasteiger partial charge is 0.270 e. The van der Waals surface area contributed by atoms with Crippen LogP contribution >= 0.6 is 0 Å². The van der Waals surface area contributed by atoms with Gasteiger partial charge in [0.1, 0.15) is 0 Å². The predicted molar refractivity (Wildman–Crippen MR) is 74.8 cm³/mol. The molecule has 112 valence electrons. The lowest BCUT2D eigenvalue weighted by Gasteiger charge is -2.23. The van der Waals surface area contributed by atoms with Crippen molar-refractivity contribution >= 4 is 5.97 Å². The molecule has 0 bridgehead atoms. The summed E-state index contributed by atoms with van der Waals surface area (Å²) in [5.74, 6) is -3.92. The van der Waals surface area contributed by atoms with Crippen molar-refractivity contribution in [1.82, 2.24) is 0 Å². The molecule has 0 N–H and O–H groups in total. The highest BCUT2D eigenvalue weighted by Gasteiger charge is 2.28. The predicted octanol–water partition coefficient (Wildman–Crippen LogP) is 3.21. The number of carboxylic acid groups (broad SMARTS) is 1. The monoisotopic (exact) mass is 291 g/mol. The minimum Gasteiger partial charge on any atom is -0.550 e. The minimum atomic E-state index is -2.78. The lowest BCUT2D eigenvalue weighted by Crippen LogP contribution is -2.22. The molecule has 21 heavy (non-hydrogen) atoms. The van der Waals surface area contributed by atoms with Gasteiger partial charge in [0.2, 0.25) is 0 Å². The Bertz CT molecular complexity index is 547. The molecule has 1 aromatic rings. The largest absolute Gasteiger partial charge is 0.550 e. The van der Waals surface area contributed by atoms with E-state index in [2.05, 4.69) is 0 Å². The fourth-order valence-electron chi connectivity index (χ4n) is 2.53. The lowest BCUT2D eigenvalue weighted by atomic mass is 9.84. The van der Waals surface area contributed by atoms with Crippen molar-refractivity contribution in [1.29, 1.82) is 0 Å². The van der Waals surface area contributed by atoms with Crippen molar-refractivity contribution in [2.75, 3.05) is 0 Å². The first kappa shape index (κ1) is 15.4. The SMILES string of the molecule is O=C([O-])CCCC(C1=CCC(F)(F)C=C1)c1ccccc1. The van der Waals surface area contributed by atoms with Gasteiger partial charge in [0.25, 0.3) is 5.92 Å². The zero-order valence-corrected chi connectivity index (χ0v) is 11.6. The highest BCUT2D eigenvalue weighted by atomic mass is 19.3. The van der Waals surface area contributed by atoms with Crippen LogP contribution < -0.4 is 5.11 Å². The second-order valence-electron chi connectivity index (χ2n) is 5.23. The van der Waals surface area contributed by atoms with Crippen LogP contribution in [-0.4, -0.2) is 11.9 Å². The molecule has 0 aromatic heterocycles. The molecule has 0 saturated carbocycles. The summed E-state index contributed by atoms with van der Waals surface area (Å²) in [5, 5.41) is 10.5. The molecule has 2 rings (SSSR count). The lowest BCUT2D eigenvalue weighted by molar-refractivity contribution is -0.305. The van der Waals surface area contributed by atoms with Crippen molar-refractivity contribution < 1.29 is 18.7 Å². The van der Waals surface area contributed by atoms with Crippen LogP contribution in [0.25, 0.3) is 0 Å². The molecule has 2 nitrogen and oxygen atoms in total. The quantitative estimate of drug-likeness (QED) is 0.807.